The van der Waals surface area contributed by atoms with Gasteiger partial charge in [-0.2, -0.15) is 0 Å². The summed E-state index contributed by atoms with van der Waals surface area (Å²) in [4.78, 5) is 17.0. The van der Waals surface area contributed by atoms with Crippen LogP contribution in [0.15, 0.2) is 42.5 Å². The number of para-hydroxylation sites is 2. The van der Waals surface area contributed by atoms with E-state index < -0.39 is 0 Å². The maximum atomic E-state index is 12.1. The molecule has 0 saturated heterocycles. The number of unbranched alkanes of at least 4 members (excludes halogenated alkanes) is 2. The smallest absolute Gasteiger partial charge is 0.223 e. The minimum atomic E-state index is 0.146. The Morgan fingerprint density at radius 3 is 2.65 bits per heavy atom. The minimum Gasteiger partial charge on any atom is -0.494 e. The minimum absolute atomic E-state index is 0.146. The number of carbonyl (C=O) groups excluding carboxylic acids is 1. The molecule has 3 aromatic rings. The maximum Gasteiger partial charge on any atom is 0.223 e. The van der Waals surface area contributed by atoms with Crippen LogP contribution in [-0.2, 0) is 17.8 Å². The number of hydrogen-bond donors (Lipinski definition) is 1. The van der Waals surface area contributed by atoms with Crippen molar-refractivity contribution in [1.82, 2.24) is 14.9 Å². The Kier molecular flexibility index (Phi) is 10.3. The predicted octanol–water partition coefficient (Wildman–Crippen LogP) is 6.73. The van der Waals surface area contributed by atoms with Crippen molar-refractivity contribution in [2.24, 2.45) is 5.92 Å². The molecule has 0 aliphatic carbocycles. The molecular weight excluding hydrogens is 446 g/mol. The molecule has 0 aliphatic heterocycles. The molecule has 2 aromatic carbocycles. The van der Waals surface area contributed by atoms with Crippen LogP contribution in [0.25, 0.3) is 11.0 Å². The van der Waals surface area contributed by atoms with Crippen molar-refractivity contribution < 1.29 is 9.53 Å². The second kappa shape index (κ2) is 13.4. The van der Waals surface area contributed by atoms with Crippen molar-refractivity contribution in [2.75, 3.05) is 13.2 Å². The quantitative estimate of drug-likeness (QED) is 0.258. The molecular formula is C28H38ClN3O2. The number of amides is 1. The van der Waals surface area contributed by atoms with Gasteiger partial charge in [-0.3, -0.25) is 4.79 Å². The van der Waals surface area contributed by atoms with E-state index in [0.29, 0.717) is 6.61 Å². The summed E-state index contributed by atoms with van der Waals surface area (Å²) < 4.78 is 8.28. The number of aromatic nitrogens is 2. The summed E-state index contributed by atoms with van der Waals surface area (Å²) >= 11 is 6.11. The fourth-order valence-electron chi connectivity index (χ4n) is 4.29. The van der Waals surface area contributed by atoms with Gasteiger partial charge in [0, 0.05) is 30.5 Å². The Balaban J connectivity index is 1.48. The molecule has 0 bridgehead atoms. The van der Waals surface area contributed by atoms with Crippen molar-refractivity contribution in [1.29, 1.82) is 0 Å². The van der Waals surface area contributed by atoms with Gasteiger partial charge in [-0.05, 0) is 74.9 Å². The van der Waals surface area contributed by atoms with Gasteiger partial charge in [0.15, 0.2) is 0 Å². The number of nitrogens with zero attached hydrogens (tertiary/aromatic N) is 2. The summed E-state index contributed by atoms with van der Waals surface area (Å²) in [5.74, 6) is 2.33. The highest BCUT2D eigenvalue weighted by Crippen LogP contribution is 2.22. The summed E-state index contributed by atoms with van der Waals surface area (Å²) in [5, 5.41) is 3.85. The molecule has 1 aromatic heterocycles. The zero-order valence-corrected chi connectivity index (χ0v) is 21.5. The third-order valence-corrected chi connectivity index (χ3v) is 6.81. The highest BCUT2D eigenvalue weighted by molar-refractivity contribution is 6.31. The summed E-state index contributed by atoms with van der Waals surface area (Å²) in [6.07, 6.45) is 6.78. The number of hydrogen-bond acceptors (Lipinski definition) is 3. The lowest BCUT2D eigenvalue weighted by molar-refractivity contribution is -0.125. The Bertz CT molecular complexity index is 1060. The van der Waals surface area contributed by atoms with Crippen molar-refractivity contribution in [3.05, 3.63) is 58.9 Å². The number of nitrogens with one attached hydrogen (secondary N) is 1. The summed E-state index contributed by atoms with van der Waals surface area (Å²) in [7, 11) is 0. The molecule has 0 radical (unpaired) electrons. The molecule has 3 rings (SSSR count). The number of halogens is 1. The van der Waals surface area contributed by atoms with Crippen LogP contribution in [0.5, 0.6) is 5.75 Å². The normalized spacial score (nSPS) is 11.3. The van der Waals surface area contributed by atoms with Crippen molar-refractivity contribution in [3.8, 4) is 5.75 Å². The molecule has 1 amide bonds. The molecule has 184 valence electrons. The highest BCUT2D eigenvalue weighted by Gasteiger charge is 2.13. The SMILES string of the molecule is CCC(CC)C(=O)NCCCCCc1nc2ccccc2n1CCCOc1ccc(Cl)c(C)c1. The topological polar surface area (TPSA) is 56.2 Å². The van der Waals surface area contributed by atoms with Crippen LogP contribution in [0.2, 0.25) is 5.02 Å². The summed E-state index contributed by atoms with van der Waals surface area (Å²) in [6.45, 7) is 8.40. The summed E-state index contributed by atoms with van der Waals surface area (Å²) in [6, 6.07) is 14.1. The Morgan fingerprint density at radius 1 is 1.09 bits per heavy atom. The van der Waals surface area contributed by atoms with Crippen LogP contribution >= 0.6 is 11.6 Å². The molecule has 0 saturated carbocycles. The van der Waals surface area contributed by atoms with Crippen LogP contribution in [0, 0.1) is 12.8 Å². The van der Waals surface area contributed by atoms with Crippen molar-refractivity contribution in [2.45, 2.75) is 72.3 Å². The number of rotatable bonds is 14. The van der Waals surface area contributed by atoms with E-state index in [1.54, 1.807) is 0 Å². The van der Waals surface area contributed by atoms with E-state index in [-0.39, 0.29) is 11.8 Å². The van der Waals surface area contributed by atoms with Gasteiger partial charge < -0.3 is 14.6 Å². The predicted molar refractivity (Wildman–Crippen MR) is 141 cm³/mol. The van der Waals surface area contributed by atoms with Gasteiger partial charge in [0.25, 0.3) is 0 Å². The molecule has 0 spiro atoms. The lowest BCUT2D eigenvalue weighted by Gasteiger charge is -2.13. The Hall–Kier alpha value is -2.53. The molecule has 0 atom stereocenters. The lowest BCUT2D eigenvalue weighted by Crippen LogP contribution is -2.30. The lowest BCUT2D eigenvalue weighted by atomic mass is 10.0. The van der Waals surface area contributed by atoms with Crippen LogP contribution < -0.4 is 10.1 Å². The van der Waals surface area contributed by atoms with E-state index in [2.05, 4.69) is 41.9 Å². The fourth-order valence-corrected chi connectivity index (χ4v) is 4.40. The Morgan fingerprint density at radius 2 is 1.88 bits per heavy atom. The Labute approximate surface area is 208 Å². The first-order chi connectivity index (χ1) is 16.5. The van der Waals surface area contributed by atoms with Crippen LogP contribution in [-0.4, -0.2) is 28.6 Å². The monoisotopic (exact) mass is 483 g/mol. The number of imidazole rings is 1. The average molecular weight is 484 g/mol. The molecule has 0 unspecified atom stereocenters. The second-order valence-corrected chi connectivity index (χ2v) is 9.30. The molecule has 0 fully saturated rings. The summed E-state index contributed by atoms with van der Waals surface area (Å²) in [5.41, 5.74) is 3.25. The number of benzene rings is 2. The van der Waals surface area contributed by atoms with Gasteiger partial charge in [0.1, 0.15) is 11.6 Å². The molecule has 34 heavy (non-hydrogen) atoms. The van der Waals surface area contributed by atoms with Crippen molar-refractivity contribution >= 4 is 28.5 Å². The van der Waals surface area contributed by atoms with E-state index in [4.69, 9.17) is 21.3 Å². The molecule has 1 N–H and O–H groups in total. The highest BCUT2D eigenvalue weighted by atomic mass is 35.5. The molecule has 1 heterocycles. The van der Waals surface area contributed by atoms with E-state index in [9.17, 15) is 4.79 Å². The van der Waals surface area contributed by atoms with Crippen LogP contribution in [0.1, 0.15) is 63.8 Å². The van der Waals surface area contributed by atoms with Gasteiger partial charge in [0.2, 0.25) is 5.91 Å². The first kappa shape index (κ1) is 26.1. The van der Waals surface area contributed by atoms with Gasteiger partial charge >= 0.3 is 0 Å². The number of ether oxygens (including phenoxy) is 1. The van der Waals surface area contributed by atoms with Gasteiger partial charge in [-0.15, -0.1) is 0 Å². The van der Waals surface area contributed by atoms with Gasteiger partial charge in [-0.25, -0.2) is 4.98 Å². The van der Waals surface area contributed by atoms with Crippen molar-refractivity contribution in [3.63, 3.8) is 0 Å². The fraction of sp³-hybridized carbons (Fsp3) is 0.500. The first-order valence-electron chi connectivity index (χ1n) is 12.6. The largest absolute Gasteiger partial charge is 0.494 e. The number of carbonyl (C=O) groups is 1. The van der Waals surface area contributed by atoms with Gasteiger partial charge in [0.05, 0.1) is 17.6 Å². The third kappa shape index (κ3) is 7.23. The standard InChI is InChI=1S/C28H38ClN3O2/c1-4-22(5-2)28(33)30-17-10-6-7-14-27-31-25-12-8-9-13-26(25)32(27)18-11-19-34-23-15-16-24(29)21(3)20-23/h8-9,12-13,15-16,20,22H,4-7,10-11,14,17-19H2,1-3H3,(H,30,33). The first-order valence-corrected chi connectivity index (χ1v) is 13.0. The van der Waals surface area contributed by atoms with E-state index >= 15 is 0 Å². The molecule has 6 heteroatoms. The third-order valence-electron chi connectivity index (χ3n) is 6.39. The van der Waals surface area contributed by atoms with Crippen LogP contribution in [0.3, 0.4) is 0 Å². The number of fused-ring (bicyclic) bond motifs is 1. The van der Waals surface area contributed by atoms with E-state index in [0.717, 1.165) is 85.7 Å². The second-order valence-electron chi connectivity index (χ2n) is 8.90. The van der Waals surface area contributed by atoms with Gasteiger partial charge in [-0.1, -0.05) is 44.0 Å². The zero-order chi connectivity index (χ0) is 24.3. The number of aryl methyl sites for hydroxylation is 3. The maximum absolute atomic E-state index is 12.1. The zero-order valence-electron chi connectivity index (χ0n) is 20.8. The van der Waals surface area contributed by atoms with E-state index in [1.807, 2.05) is 31.2 Å². The molecule has 5 nitrogen and oxygen atoms in total. The average Bonchev–Trinajstić information content (AvgIpc) is 3.19. The molecule has 0 aliphatic rings. The van der Waals surface area contributed by atoms with E-state index in [1.165, 1.54) is 5.52 Å². The van der Waals surface area contributed by atoms with Crippen LogP contribution in [0.4, 0.5) is 0 Å².